The summed E-state index contributed by atoms with van der Waals surface area (Å²) in [6.45, 7) is 1.84. The zero-order valence-corrected chi connectivity index (χ0v) is 12.7. The summed E-state index contributed by atoms with van der Waals surface area (Å²) < 4.78 is 29.6. The van der Waals surface area contributed by atoms with Gasteiger partial charge in [0.05, 0.1) is 4.90 Å². The van der Waals surface area contributed by atoms with Gasteiger partial charge in [-0.3, -0.25) is 9.35 Å². The Morgan fingerprint density at radius 2 is 1.55 bits per heavy atom. The van der Waals surface area contributed by atoms with Crippen molar-refractivity contribution >= 4 is 16.1 Å². The zero-order valence-electron chi connectivity index (χ0n) is 11.9. The van der Waals surface area contributed by atoms with E-state index >= 15 is 0 Å². The van der Waals surface area contributed by atoms with Gasteiger partial charge in [0.25, 0.3) is 10.1 Å². The Morgan fingerprint density at radius 3 is 1.95 bits per heavy atom. The molecule has 0 saturated heterocycles. The molecule has 0 bridgehead atoms. The van der Waals surface area contributed by atoms with Gasteiger partial charge < -0.3 is 10.8 Å². The molecule has 0 spiro atoms. The van der Waals surface area contributed by atoms with Gasteiger partial charge in [-0.25, -0.2) is 0 Å². The van der Waals surface area contributed by atoms with Crippen molar-refractivity contribution in [3.05, 3.63) is 65.7 Å². The first-order valence-corrected chi connectivity index (χ1v) is 7.73. The number of nitrogens with two attached hydrogens (primary N) is 1. The van der Waals surface area contributed by atoms with Gasteiger partial charge in [-0.05, 0) is 24.6 Å². The van der Waals surface area contributed by atoms with Gasteiger partial charge in [-0.1, -0.05) is 48.0 Å². The SMILES string of the molecule is Cc1ccc(S(=O)(=O)O)cc1.N[C@@H](C(=O)O)c1ccccc1. The minimum Gasteiger partial charge on any atom is -0.480 e. The second-order valence-electron chi connectivity index (χ2n) is 4.51. The smallest absolute Gasteiger partial charge is 0.325 e. The second kappa shape index (κ2) is 7.69. The maximum absolute atomic E-state index is 10.5. The standard InChI is InChI=1S/C8H9NO2.C7H8O3S/c9-7(8(10)11)6-4-2-1-3-5-6;1-6-2-4-7(5-3-6)11(8,9)10/h1-5,7H,9H2,(H,10,11);2-5H,1H3,(H,8,9,10)/t7-;/m1./s1. The lowest BCUT2D eigenvalue weighted by Gasteiger charge is -2.04. The van der Waals surface area contributed by atoms with Gasteiger partial charge >= 0.3 is 5.97 Å². The molecule has 4 N–H and O–H groups in total. The Kier molecular flexibility index (Phi) is 6.24. The van der Waals surface area contributed by atoms with Crippen LogP contribution in [0.4, 0.5) is 0 Å². The Balaban J connectivity index is 0.000000220. The van der Waals surface area contributed by atoms with Crippen LogP contribution in [0.15, 0.2) is 59.5 Å². The summed E-state index contributed by atoms with van der Waals surface area (Å²) in [5, 5.41) is 8.51. The number of carboxylic acids is 1. The Morgan fingerprint density at radius 1 is 1.05 bits per heavy atom. The third-order valence-corrected chi connectivity index (χ3v) is 3.61. The number of aliphatic carboxylic acids is 1. The van der Waals surface area contributed by atoms with E-state index in [0.717, 1.165) is 5.56 Å². The molecule has 2 aromatic carbocycles. The average Bonchev–Trinajstić information content (AvgIpc) is 2.47. The first-order chi connectivity index (χ1) is 10.2. The average molecular weight is 323 g/mol. The predicted molar refractivity (Wildman–Crippen MR) is 82.0 cm³/mol. The molecule has 2 aromatic rings. The van der Waals surface area contributed by atoms with Crippen molar-refractivity contribution < 1.29 is 22.9 Å². The fourth-order valence-electron chi connectivity index (χ4n) is 1.51. The van der Waals surface area contributed by atoms with Gasteiger partial charge in [-0.2, -0.15) is 8.42 Å². The van der Waals surface area contributed by atoms with Crippen molar-refractivity contribution in [2.24, 2.45) is 5.73 Å². The van der Waals surface area contributed by atoms with E-state index in [1.54, 1.807) is 36.4 Å². The van der Waals surface area contributed by atoms with Crippen molar-refractivity contribution in [1.29, 1.82) is 0 Å². The van der Waals surface area contributed by atoms with Gasteiger partial charge in [0.1, 0.15) is 6.04 Å². The highest BCUT2D eigenvalue weighted by Crippen LogP contribution is 2.09. The topological polar surface area (TPSA) is 118 Å². The molecule has 0 unspecified atom stereocenters. The maximum atomic E-state index is 10.5. The number of carbonyl (C=O) groups is 1. The lowest BCUT2D eigenvalue weighted by molar-refractivity contribution is -0.138. The number of hydrogen-bond donors (Lipinski definition) is 3. The highest BCUT2D eigenvalue weighted by atomic mass is 32.2. The molecule has 0 aliphatic rings. The molecule has 0 amide bonds. The minimum absolute atomic E-state index is 0.0666. The first-order valence-electron chi connectivity index (χ1n) is 6.29. The molecule has 1 atom stereocenters. The van der Waals surface area contributed by atoms with Crippen LogP contribution in [0, 0.1) is 6.92 Å². The van der Waals surface area contributed by atoms with E-state index in [-0.39, 0.29) is 4.90 Å². The summed E-state index contributed by atoms with van der Waals surface area (Å²) in [5.41, 5.74) is 6.92. The minimum atomic E-state index is -4.02. The lowest BCUT2D eigenvalue weighted by Crippen LogP contribution is -2.20. The fraction of sp³-hybridized carbons (Fsp3) is 0.133. The maximum Gasteiger partial charge on any atom is 0.325 e. The van der Waals surface area contributed by atoms with Crippen LogP contribution in [0.25, 0.3) is 0 Å². The van der Waals surface area contributed by atoms with E-state index in [4.69, 9.17) is 15.4 Å². The molecule has 0 saturated carbocycles. The largest absolute Gasteiger partial charge is 0.480 e. The first kappa shape index (κ1) is 17.8. The van der Waals surface area contributed by atoms with Crippen LogP contribution in [-0.4, -0.2) is 24.0 Å². The third kappa shape index (κ3) is 5.65. The van der Waals surface area contributed by atoms with E-state index in [9.17, 15) is 13.2 Å². The van der Waals surface area contributed by atoms with Crippen LogP contribution >= 0.6 is 0 Å². The monoisotopic (exact) mass is 323 g/mol. The Bertz CT molecular complexity index is 711. The number of rotatable bonds is 3. The van der Waals surface area contributed by atoms with Crippen LogP contribution in [-0.2, 0) is 14.9 Å². The summed E-state index contributed by atoms with van der Waals surface area (Å²) in [6, 6.07) is 13.8. The third-order valence-electron chi connectivity index (χ3n) is 2.74. The molecule has 22 heavy (non-hydrogen) atoms. The van der Waals surface area contributed by atoms with E-state index < -0.39 is 22.1 Å². The molecule has 0 fully saturated rings. The molecular formula is C15H17NO5S. The van der Waals surface area contributed by atoms with E-state index in [2.05, 4.69) is 0 Å². The van der Waals surface area contributed by atoms with Crippen molar-refractivity contribution in [3.8, 4) is 0 Å². The van der Waals surface area contributed by atoms with E-state index in [1.165, 1.54) is 12.1 Å². The number of benzene rings is 2. The predicted octanol–water partition coefficient (Wildman–Crippen LogP) is 2.01. The summed E-state index contributed by atoms with van der Waals surface area (Å²) in [4.78, 5) is 10.3. The van der Waals surface area contributed by atoms with Crippen molar-refractivity contribution in [2.45, 2.75) is 17.9 Å². The molecule has 2 rings (SSSR count). The molecule has 7 heteroatoms. The zero-order chi connectivity index (χ0) is 16.8. The molecule has 0 aliphatic heterocycles. The number of carboxylic acid groups (broad SMARTS) is 1. The Hall–Kier alpha value is -2.22. The molecule has 0 radical (unpaired) electrons. The number of aryl methyl sites for hydroxylation is 1. The molecule has 0 aliphatic carbocycles. The molecule has 0 heterocycles. The summed E-state index contributed by atoms with van der Waals surface area (Å²) in [5.74, 6) is -1.00. The van der Waals surface area contributed by atoms with Crippen molar-refractivity contribution in [2.75, 3.05) is 0 Å². The quantitative estimate of drug-likeness (QED) is 0.744. The normalized spacial score (nSPS) is 12.0. The molecular weight excluding hydrogens is 306 g/mol. The molecule has 118 valence electrons. The summed E-state index contributed by atoms with van der Waals surface area (Å²) in [6.07, 6.45) is 0. The van der Waals surface area contributed by atoms with Crippen molar-refractivity contribution in [1.82, 2.24) is 0 Å². The molecule has 6 nitrogen and oxygen atoms in total. The summed E-state index contributed by atoms with van der Waals surface area (Å²) >= 11 is 0. The second-order valence-corrected chi connectivity index (χ2v) is 5.94. The Labute approximate surface area is 129 Å². The van der Waals surface area contributed by atoms with Crippen molar-refractivity contribution in [3.63, 3.8) is 0 Å². The van der Waals surface area contributed by atoms with Crippen LogP contribution in [0.2, 0.25) is 0 Å². The highest BCUT2D eigenvalue weighted by Gasteiger charge is 2.12. The van der Waals surface area contributed by atoms with E-state index in [0.29, 0.717) is 5.56 Å². The van der Waals surface area contributed by atoms with Gasteiger partial charge in [-0.15, -0.1) is 0 Å². The molecule has 0 aromatic heterocycles. The van der Waals surface area contributed by atoms with Crippen LogP contribution in [0.3, 0.4) is 0 Å². The summed E-state index contributed by atoms with van der Waals surface area (Å²) in [7, 11) is -4.02. The van der Waals surface area contributed by atoms with E-state index in [1.807, 2.05) is 13.0 Å². The lowest BCUT2D eigenvalue weighted by atomic mass is 10.1. The van der Waals surface area contributed by atoms with Gasteiger partial charge in [0.15, 0.2) is 0 Å². The number of hydrogen-bond acceptors (Lipinski definition) is 4. The van der Waals surface area contributed by atoms with Gasteiger partial charge in [0, 0.05) is 0 Å². The van der Waals surface area contributed by atoms with Crippen LogP contribution in [0.5, 0.6) is 0 Å². The van der Waals surface area contributed by atoms with Crippen LogP contribution < -0.4 is 5.73 Å². The highest BCUT2D eigenvalue weighted by molar-refractivity contribution is 7.85. The van der Waals surface area contributed by atoms with Gasteiger partial charge in [0.2, 0.25) is 0 Å². The fourth-order valence-corrected chi connectivity index (χ4v) is 1.99. The van der Waals surface area contributed by atoms with Crippen LogP contribution in [0.1, 0.15) is 17.2 Å².